The molecule has 1 heterocycles. The predicted octanol–water partition coefficient (Wildman–Crippen LogP) is 0.509. The summed E-state index contributed by atoms with van der Waals surface area (Å²) in [5.74, 6) is 0. The number of ether oxygens (including phenoxy) is 2. The average molecular weight is 216 g/mol. The highest BCUT2D eigenvalue weighted by molar-refractivity contribution is 4.76. The fourth-order valence-corrected chi connectivity index (χ4v) is 1.99. The molecule has 1 aliphatic heterocycles. The van der Waals surface area contributed by atoms with E-state index >= 15 is 0 Å². The fraction of sp³-hybridized carbons (Fsp3) is 1.00. The van der Waals surface area contributed by atoms with Crippen LogP contribution in [0.1, 0.15) is 25.7 Å². The Labute approximate surface area is 92.5 Å². The predicted molar refractivity (Wildman–Crippen MR) is 60.9 cm³/mol. The Morgan fingerprint density at radius 1 is 1.60 bits per heavy atom. The average Bonchev–Trinajstić information content (AvgIpc) is 2.28. The normalized spacial score (nSPS) is 24.0. The number of hydrogen-bond acceptors (Lipinski definition) is 4. The minimum atomic E-state index is 0.422. The van der Waals surface area contributed by atoms with E-state index in [1.54, 1.807) is 7.11 Å². The van der Waals surface area contributed by atoms with Crippen LogP contribution < -0.4 is 11.1 Å². The van der Waals surface area contributed by atoms with Gasteiger partial charge in [-0.05, 0) is 32.2 Å². The lowest BCUT2D eigenvalue weighted by Gasteiger charge is -2.28. The van der Waals surface area contributed by atoms with Crippen molar-refractivity contribution in [2.45, 2.75) is 37.8 Å². The first-order valence-electron chi connectivity index (χ1n) is 5.89. The molecule has 4 nitrogen and oxygen atoms in total. The Balaban J connectivity index is 2.21. The lowest BCUT2D eigenvalue weighted by Crippen LogP contribution is -2.45. The van der Waals surface area contributed by atoms with Crippen molar-refractivity contribution in [3.05, 3.63) is 0 Å². The Morgan fingerprint density at radius 2 is 2.47 bits per heavy atom. The number of methoxy groups -OCH3 is 1. The van der Waals surface area contributed by atoms with Crippen LogP contribution in [-0.2, 0) is 9.47 Å². The highest BCUT2D eigenvalue weighted by Crippen LogP contribution is 2.08. The van der Waals surface area contributed by atoms with E-state index in [-0.39, 0.29) is 0 Å². The molecule has 1 fully saturated rings. The van der Waals surface area contributed by atoms with Crippen LogP contribution in [0, 0.1) is 0 Å². The molecule has 0 spiro atoms. The summed E-state index contributed by atoms with van der Waals surface area (Å²) in [7, 11) is 1.74. The second-order valence-electron chi connectivity index (χ2n) is 4.16. The van der Waals surface area contributed by atoms with E-state index in [1.807, 2.05) is 0 Å². The first-order valence-corrected chi connectivity index (χ1v) is 5.89. The van der Waals surface area contributed by atoms with Gasteiger partial charge in [-0.2, -0.15) is 0 Å². The van der Waals surface area contributed by atoms with E-state index in [0.29, 0.717) is 12.1 Å². The molecule has 0 saturated carbocycles. The topological polar surface area (TPSA) is 56.5 Å². The van der Waals surface area contributed by atoms with Gasteiger partial charge in [-0.3, -0.25) is 0 Å². The minimum absolute atomic E-state index is 0.422. The van der Waals surface area contributed by atoms with Gasteiger partial charge in [0.15, 0.2) is 0 Å². The van der Waals surface area contributed by atoms with Crippen LogP contribution in [0.5, 0.6) is 0 Å². The van der Waals surface area contributed by atoms with Crippen LogP contribution in [0.4, 0.5) is 0 Å². The molecule has 3 N–H and O–H groups in total. The molecule has 0 aromatic rings. The molecule has 0 aliphatic carbocycles. The highest BCUT2D eigenvalue weighted by atomic mass is 16.5. The van der Waals surface area contributed by atoms with Crippen molar-refractivity contribution in [3.63, 3.8) is 0 Å². The summed E-state index contributed by atoms with van der Waals surface area (Å²) in [6.07, 6.45) is 4.51. The van der Waals surface area contributed by atoms with Crippen molar-refractivity contribution < 1.29 is 9.47 Å². The standard InChI is InChI=1S/C11H24N2O2/c1-14-8-10(4-2-6-12)13-11-5-3-7-15-9-11/h10-11,13H,2-9,12H2,1H3. The molecule has 1 aliphatic rings. The van der Waals surface area contributed by atoms with Gasteiger partial charge in [0.1, 0.15) is 0 Å². The maximum absolute atomic E-state index is 5.51. The summed E-state index contributed by atoms with van der Waals surface area (Å²) in [5, 5.41) is 3.59. The van der Waals surface area contributed by atoms with Crippen LogP contribution in [0.25, 0.3) is 0 Å². The first kappa shape index (κ1) is 12.9. The summed E-state index contributed by atoms with van der Waals surface area (Å²) in [6, 6.07) is 0.918. The molecule has 2 unspecified atom stereocenters. The molecule has 2 atom stereocenters. The van der Waals surface area contributed by atoms with Crippen molar-refractivity contribution in [2.75, 3.05) is 33.5 Å². The summed E-state index contributed by atoms with van der Waals surface area (Å²) in [4.78, 5) is 0. The number of rotatable bonds is 7. The van der Waals surface area contributed by atoms with Crippen LogP contribution in [-0.4, -0.2) is 45.6 Å². The van der Waals surface area contributed by atoms with E-state index in [9.17, 15) is 0 Å². The van der Waals surface area contributed by atoms with Crippen molar-refractivity contribution in [1.29, 1.82) is 0 Å². The fourth-order valence-electron chi connectivity index (χ4n) is 1.99. The minimum Gasteiger partial charge on any atom is -0.383 e. The van der Waals surface area contributed by atoms with Gasteiger partial charge in [-0.25, -0.2) is 0 Å². The quantitative estimate of drug-likeness (QED) is 0.651. The van der Waals surface area contributed by atoms with Crippen LogP contribution >= 0.6 is 0 Å². The Hall–Kier alpha value is -0.160. The van der Waals surface area contributed by atoms with Crippen LogP contribution in [0.15, 0.2) is 0 Å². The Kier molecular flexibility index (Phi) is 6.92. The smallest absolute Gasteiger partial charge is 0.0619 e. The third-order valence-electron chi connectivity index (χ3n) is 2.76. The maximum atomic E-state index is 5.51. The molecule has 0 amide bonds. The maximum Gasteiger partial charge on any atom is 0.0619 e. The van der Waals surface area contributed by atoms with E-state index < -0.39 is 0 Å². The third-order valence-corrected chi connectivity index (χ3v) is 2.76. The van der Waals surface area contributed by atoms with Gasteiger partial charge in [0, 0.05) is 25.8 Å². The molecule has 0 radical (unpaired) electrons. The number of nitrogens with one attached hydrogen (secondary N) is 1. The largest absolute Gasteiger partial charge is 0.383 e. The van der Waals surface area contributed by atoms with Crippen molar-refractivity contribution in [1.82, 2.24) is 5.32 Å². The number of nitrogens with two attached hydrogens (primary N) is 1. The monoisotopic (exact) mass is 216 g/mol. The molecule has 0 aromatic heterocycles. The van der Waals surface area contributed by atoms with Gasteiger partial charge in [0.2, 0.25) is 0 Å². The Morgan fingerprint density at radius 3 is 3.07 bits per heavy atom. The van der Waals surface area contributed by atoms with E-state index in [2.05, 4.69) is 5.32 Å². The second kappa shape index (κ2) is 8.05. The zero-order valence-corrected chi connectivity index (χ0v) is 9.71. The number of hydrogen-bond donors (Lipinski definition) is 2. The van der Waals surface area contributed by atoms with Gasteiger partial charge >= 0.3 is 0 Å². The van der Waals surface area contributed by atoms with Crippen LogP contribution in [0.3, 0.4) is 0 Å². The molecule has 0 bridgehead atoms. The lowest BCUT2D eigenvalue weighted by atomic mass is 10.1. The molecular weight excluding hydrogens is 192 g/mol. The van der Waals surface area contributed by atoms with Gasteiger partial charge in [0.05, 0.1) is 13.2 Å². The van der Waals surface area contributed by atoms with E-state index in [1.165, 1.54) is 6.42 Å². The summed E-state index contributed by atoms with van der Waals surface area (Å²) in [5.41, 5.74) is 5.51. The van der Waals surface area contributed by atoms with Crippen molar-refractivity contribution >= 4 is 0 Å². The second-order valence-corrected chi connectivity index (χ2v) is 4.16. The summed E-state index contributed by atoms with van der Waals surface area (Å²) < 4.78 is 10.6. The molecule has 4 heteroatoms. The van der Waals surface area contributed by atoms with E-state index in [0.717, 1.165) is 45.6 Å². The van der Waals surface area contributed by atoms with Crippen molar-refractivity contribution in [3.8, 4) is 0 Å². The molecule has 0 aromatic carbocycles. The summed E-state index contributed by atoms with van der Waals surface area (Å²) >= 11 is 0. The molecular formula is C11H24N2O2. The summed E-state index contributed by atoms with van der Waals surface area (Å²) in [6.45, 7) is 3.26. The first-order chi connectivity index (χ1) is 7.36. The highest BCUT2D eigenvalue weighted by Gasteiger charge is 2.17. The zero-order chi connectivity index (χ0) is 10.9. The van der Waals surface area contributed by atoms with Crippen molar-refractivity contribution in [2.24, 2.45) is 5.73 Å². The van der Waals surface area contributed by atoms with Gasteiger partial charge in [-0.1, -0.05) is 0 Å². The lowest BCUT2D eigenvalue weighted by molar-refractivity contribution is 0.0584. The molecule has 1 rings (SSSR count). The third kappa shape index (κ3) is 5.47. The van der Waals surface area contributed by atoms with Gasteiger partial charge in [-0.15, -0.1) is 0 Å². The van der Waals surface area contributed by atoms with Crippen LogP contribution in [0.2, 0.25) is 0 Å². The SMILES string of the molecule is COCC(CCCN)NC1CCCOC1. The molecule has 15 heavy (non-hydrogen) atoms. The molecule has 1 saturated heterocycles. The zero-order valence-electron chi connectivity index (χ0n) is 9.71. The van der Waals surface area contributed by atoms with E-state index in [4.69, 9.17) is 15.2 Å². The van der Waals surface area contributed by atoms with Gasteiger partial charge < -0.3 is 20.5 Å². The Bertz CT molecular complexity index is 150. The molecule has 90 valence electrons. The van der Waals surface area contributed by atoms with Gasteiger partial charge in [0.25, 0.3) is 0 Å².